The van der Waals surface area contributed by atoms with Gasteiger partial charge in [0.25, 0.3) is 5.91 Å². The summed E-state index contributed by atoms with van der Waals surface area (Å²) in [5, 5.41) is 7.40. The van der Waals surface area contributed by atoms with Crippen LogP contribution in [0.3, 0.4) is 0 Å². The SMILES string of the molecule is Cc1ccccc1-c1nc(OC(C)C)nn1-c1cccc(NC(=O)c2ccc(F)cc2)c1. The molecule has 0 fully saturated rings. The van der Waals surface area contributed by atoms with Gasteiger partial charge in [-0.15, -0.1) is 5.10 Å². The zero-order valence-corrected chi connectivity index (χ0v) is 18.0. The topological polar surface area (TPSA) is 69.0 Å². The van der Waals surface area contributed by atoms with Crippen molar-refractivity contribution in [1.29, 1.82) is 0 Å². The minimum Gasteiger partial charge on any atom is -0.460 e. The van der Waals surface area contributed by atoms with Crippen molar-refractivity contribution in [2.45, 2.75) is 26.9 Å². The van der Waals surface area contributed by atoms with Crippen LogP contribution in [0, 0.1) is 12.7 Å². The van der Waals surface area contributed by atoms with E-state index in [9.17, 15) is 9.18 Å². The third kappa shape index (κ3) is 4.67. The molecule has 0 aliphatic heterocycles. The number of carbonyl (C=O) groups excluding carboxylic acids is 1. The Bertz CT molecular complexity index is 1250. The molecule has 0 aliphatic rings. The first kappa shape index (κ1) is 21.2. The van der Waals surface area contributed by atoms with Crippen LogP contribution >= 0.6 is 0 Å². The number of nitrogens with one attached hydrogen (secondary N) is 1. The van der Waals surface area contributed by atoms with Crippen LogP contribution in [-0.2, 0) is 0 Å². The normalized spacial score (nSPS) is 10.9. The van der Waals surface area contributed by atoms with Crippen LogP contribution in [0.5, 0.6) is 6.01 Å². The van der Waals surface area contributed by atoms with Gasteiger partial charge in [0, 0.05) is 16.8 Å². The molecule has 1 N–H and O–H groups in total. The summed E-state index contributed by atoms with van der Waals surface area (Å²) in [6.07, 6.45) is -0.0723. The highest BCUT2D eigenvalue weighted by Gasteiger charge is 2.17. The van der Waals surface area contributed by atoms with E-state index in [1.165, 1.54) is 24.3 Å². The quantitative estimate of drug-likeness (QED) is 0.443. The van der Waals surface area contributed by atoms with E-state index in [0.29, 0.717) is 22.8 Å². The zero-order valence-electron chi connectivity index (χ0n) is 18.0. The molecule has 162 valence electrons. The first-order chi connectivity index (χ1) is 15.4. The Morgan fingerprint density at radius 1 is 1.03 bits per heavy atom. The minimum atomic E-state index is -0.391. The van der Waals surface area contributed by atoms with Gasteiger partial charge in [-0.25, -0.2) is 9.07 Å². The molecule has 6 nitrogen and oxygen atoms in total. The number of halogens is 1. The number of hydrogen-bond acceptors (Lipinski definition) is 4. The molecule has 1 amide bonds. The average Bonchev–Trinajstić information content (AvgIpc) is 3.17. The van der Waals surface area contributed by atoms with Crippen molar-refractivity contribution < 1.29 is 13.9 Å². The Labute approximate surface area is 185 Å². The maximum absolute atomic E-state index is 13.1. The van der Waals surface area contributed by atoms with Gasteiger partial charge in [-0.05, 0) is 68.8 Å². The molecule has 4 aromatic rings. The molecule has 3 aromatic carbocycles. The summed E-state index contributed by atoms with van der Waals surface area (Å²) in [6, 6.07) is 20.9. The molecular weight excluding hydrogens is 407 g/mol. The number of hydrogen-bond donors (Lipinski definition) is 1. The number of ether oxygens (including phenoxy) is 1. The van der Waals surface area contributed by atoms with Gasteiger partial charge in [-0.2, -0.15) is 4.98 Å². The molecule has 0 spiro atoms. The van der Waals surface area contributed by atoms with Crippen LogP contribution in [0.15, 0.2) is 72.8 Å². The smallest absolute Gasteiger partial charge is 0.336 e. The summed E-state index contributed by atoms with van der Waals surface area (Å²) >= 11 is 0. The number of benzene rings is 3. The highest BCUT2D eigenvalue weighted by molar-refractivity contribution is 6.04. The number of aryl methyl sites for hydroxylation is 1. The van der Waals surface area contributed by atoms with E-state index < -0.39 is 5.82 Å². The van der Waals surface area contributed by atoms with E-state index in [0.717, 1.165) is 11.1 Å². The predicted octanol–water partition coefficient (Wildman–Crippen LogP) is 5.42. The molecular formula is C25H23FN4O2. The van der Waals surface area contributed by atoms with E-state index in [2.05, 4.69) is 15.4 Å². The van der Waals surface area contributed by atoms with Crippen LogP contribution < -0.4 is 10.1 Å². The number of nitrogens with zero attached hydrogens (tertiary/aromatic N) is 3. The van der Waals surface area contributed by atoms with Crippen LogP contribution in [0.4, 0.5) is 10.1 Å². The number of anilines is 1. The second-order valence-corrected chi connectivity index (χ2v) is 7.62. The molecule has 0 atom stereocenters. The summed E-state index contributed by atoms with van der Waals surface area (Å²) < 4.78 is 20.6. The van der Waals surface area contributed by atoms with Crippen molar-refractivity contribution in [3.8, 4) is 23.1 Å². The van der Waals surface area contributed by atoms with Crippen LogP contribution in [0.25, 0.3) is 17.1 Å². The molecule has 0 bridgehead atoms. The molecule has 1 aromatic heterocycles. The molecule has 4 rings (SSSR count). The standard InChI is InChI=1S/C25H23FN4O2/c1-16(2)32-25-28-23(22-10-5-4-7-17(22)3)30(29-25)21-9-6-8-20(15-21)27-24(31)18-11-13-19(26)14-12-18/h4-16H,1-3H3,(H,27,31). The molecule has 1 heterocycles. The lowest BCUT2D eigenvalue weighted by molar-refractivity contribution is 0.102. The largest absolute Gasteiger partial charge is 0.460 e. The highest BCUT2D eigenvalue weighted by atomic mass is 19.1. The van der Waals surface area contributed by atoms with E-state index in [1.807, 2.05) is 57.2 Å². The van der Waals surface area contributed by atoms with Gasteiger partial charge in [-0.3, -0.25) is 4.79 Å². The lowest BCUT2D eigenvalue weighted by atomic mass is 10.1. The number of aromatic nitrogens is 3. The fraction of sp³-hybridized carbons (Fsp3) is 0.160. The lowest BCUT2D eigenvalue weighted by Crippen LogP contribution is -2.12. The summed E-state index contributed by atoms with van der Waals surface area (Å²) in [5.74, 6) is -0.0812. The molecule has 0 unspecified atom stereocenters. The van der Waals surface area contributed by atoms with Crippen molar-refractivity contribution in [3.63, 3.8) is 0 Å². The maximum Gasteiger partial charge on any atom is 0.336 e. The van der Waals surface area contributed by atoms with Gasteiger partial charge < -0.3 is 10.1 Å². The summed E-state index contributed by atoms with van der Waals surface area (Å²) in [7, 11) is 0. The summed E-state index contributed by atoms with van der Waals surface area (Å²) in [4.78, 5) is 17.2. The zero-order chi connectivity index (χ0) is 22.7. The van der Waals surface area contributed by atoms with Crippen molar-refractivity contribution in [2.24, 2.45) is 0 Å². The van der Waals surface area contributed by atoms with Gasteiger partial charge in [0.2, 0.25) is 0 Å². The lowest BCUT2D eigenvalue weighted by Gasteiger charge is -2.10. The number of rotatable bonds is 6. The van der Waals surface area contributed by atoms with E-state index in [-0.39, 0.29) is 18.0 Å². The number of carbonyl (C=O) groups is 1. The van der Waals surface area contributed by atoms with Crippen molar-refractivity contribution >= 4 is 11.6 Å². The Hall–Kier alpha value is -4.00. The number of amides is 1. The van der Waals surface area contributed by atoms with Gasteiger partial charge in [0.15, 0.2) is 5.82 Å². The van der Waals surface area contributed by atoms with Crippen molar-refractivity contribution in [1.82, 2.24) is 14.8 Å². The first-order valence-electron chi connectivity index (χ1n) is 10.3. The summed E-state index contributed by atoms with van der Waals surface area (Å²) in [5.41, 5.74) is 3.64. The Balaban J connectivity index is 1.70. The summed E-state index contributed by atoms with van der Waals surface area (Å²) in [6.45, 7) is 5.84. The molecule has 32 heavy (non-hydrogen) atoms. The Morgan fingerprint density at radius 3 is 2.50 bits per heavy atom. The monoisotopic (exact) mass is 430 g/mol. The van der Waals surface area contributed by atoms with E-state index in [4.69, 9.17) is 4.74 Å². The average molecular weight is 430 g/mol. The van der Waals surface area contributed by atoms with Gasteiger partial charge in [-0.1, -0.05) is 30.3 Å². The highest BCUT2D eigenvalue weighted by Crippen LogP contribution is 2.27. The molecule has 0 saturated heterocycles. The third-order valence-corrected chi connectivity index (χ3v) is 4.77. The Morgan fingerprint density at radius 2 is 1.78 bits per heavy atom. The molecule has 0 aliphatic carbocycles. The fourth-order valence-electron chi connectivity index (χ4n) is 3.25. The van der Waals surface area contributed by atoms with E-state index >= 15 is 0 Å². The van der Waals surface area contributed by atoms with Crippen LogP contribution in [0.2, 0.25) is 0 Å². The second kappa shape index (κ2) is 9.01. The first-order valence-corrected chi connectivity index (χ1v) is 10.3. The van der Waals surface area contributed by atoms with Crippen molar-refractivity contribution in [3.05, 3.63) is 89.7 Å². The Kier molecular flexibility index (Phi) is 5.98. The van der Waals surface area contributed by atoms with Crippen molar-refractivity contribution in [2.75, 3.05) is 5.32 Å². The van der Waals surface area contributed by atoms with E-state index in [1.54, 1.807) is 16.8 Å². The predicted molar refractivity (Wildman–Crippen MR) is 122 cm³/mol. The minimum absolute atomic E-state index is 0.0723. The fourth-order valence-corrected chi connectivity index (χ4v) is 3.25. The van der Waals surface area contributed by atoms with Gasteiger partial charge in [0.1, 0.15) is 5.82 Å². The molecule has 0 radical (unpaired) electrons. The molecule has 7 heteroatoms. The second-order valence-electron chi connectivity index (χ2n) is 7.62. The van der Waals surface area contributed by atoms with Crippen LogP contribution in [0.1, 0.15) is 29.8 Å². The molecule has 0 saturated carbocycles. The maximum atomic E-state index is 13.1. The van der Waals surface area contributed by atoms with Gasteiger partial charge >= 0.3 is 6.01 Å². The van der Waals surface area contributed by atoms with Gasteiger partial charge in [0.05, 0.1) is 11.8 Å². The van der Waals surface area contributed by atoms with Crippen LogP contribution in [-0.4, -0.2) is 26.8 Å². The third-order valence-electron chi connectivity index (χ3n) is 4.77.